The van der Waals surface area contributed by atoms with Crippen LogP contribution in [0.1, 0.15) is 22.5 Å². The van der Waals surface area contributed by atoms with Gasteiger partial charge < -0.3 is 15.4 Å². The number of amides is 2. The molecule has 8 nitrogen and oxygen atoms in total. The van der Waals surface area contributed by atoms with E-state index in [0.717, 1.165) is 27.7 Å². The first-order chi connectivity index (χ1) is 17.1. The molecule has 2 amide bonds. The Labute approximate surface area is 208 Å². The molecule has 0 aliphatic heterocycles. The lowest BCUT2D eigenvalue weighted by Gasteiger charge is -2.12. The van der Waals surface area contributed by atoms with Crippen molar-refractivity contribution in [1.29, 1.82) is 5.26 Å². The number of nitriles is 1. The van der Waals surface area contributed by atoms with Crippen LogP contribution in [0.2, 0.25) is 0 Å². The number of thioether (sulfide) groups is 1. The molecule has 3 aromatic carbocycles. The van der Waals surface area contributed by atoms with E-state index in [1.165, 1.54) is 0 Å². The summed E-state index contributed by atoms with van der Waals surface area (Å²) in [6, 6.07) is 24.3. The van der Waals surface area contributed by atoms with Crippen molar-refractivity contribution in [2.75, 3.05) is 12.4 Å². The van der Waals surface area contributed by atoms with Crippen LogP contribution in [0.3, 0.4) is 0 Å². The van der Waals surface area contributed by atoms with Gasteiger partial charge in [-0.1, -0.05) is 41.6 Å². The van der Waals surface area contributed by atoms with E-state index in [1.54, 1.807) is 43.1 Å². The first-order valence-electron chi connectivity index (χ1n) is 10.9. The molecule has 0 bridgehead atoms. The van der Waals surface area contributed by atoms with E-state index in [9.17, 15) is 4.79 Å². The zero-order valence-corrected chi connectivity index (χ0v) is 20.2. The van der Waals surface area contributed by atoms with Crippen LogP contribution in [0.25, 0.3) is 5.69 Å². The van der Waals surface area contributed by atoms with Crippen molar-refractivity contribution in [1.82, 2.24) is 20.1 Å². The van der Waals surface area contributed by atoms with Gasteiger partial charge in [-0.25, -0.2) is 4.79 Å². The van der Waals surface area contributed by atoms with E-state index in [4.69, 9.17) is 10.00 Å². The second-order valence-electron chi connectivity index (χ2n) is 7.71. The van der Waals surface area contributed by atoms with Crippen LogP contribution < -0.4 is 15.4 Å². The largest absolute Gasteiger partial charge is 0.497 e. The predicted octanol–water partition coefficient (Wildman–Crippen LogP) is 5.07. The van der Waals surface area contributed by atoms with Gasteiger partial charge in [-0.3, -0.25) is 4.57 Å². The Bertz CT molecular complexity index is 1340. The van der Waals surface area contributed by atoms with Crippen molar-refractivity contribution < 1.29 is 9.53 Å². The minimum absolute atomic E-state index is 0.183. The highest BCUT2D eigenvalue weighted by molar-refractivity contribution is 7.98. The molecule has 0 fully saturated rings. The van der Waals surface area contributed by atoms with Gasteiger partial charge in [-0.2, -0.15) is 5.26 Å². The Morgan fingerprint density at radius 1 is 1.09 bits per heavy atom. The molecule has 176 valence electrons. The van der Waals surface area contributed by atoms with E-state index >= 15 is 0 Å². The van der Waals surface area contributed by atoms with Crippen molar-refractivity contribution >= 4 is 23.5 Å². The lowest BCUT2D eigenvalue weighted by Crippen LogP contribution is -2.29. The Balaban J connectivity index is 1.49. The van der Waals surface area contributed by atoms with Crippen molar-refractivity contribution in [2.24, 2.45) is 0 Å². The molecular weight excluding hydrogens is 460 g/mol. The fraction of sp³-hybridized carbons (Fsp3) is 0.154. The summed E-state index contributed by atoms with van der Waals surface area (Å²) >= 11 is 1.56. The Hall–Kier alpha value is -4.29. The number of urea groups is 1. The van der Waals surface area contributed by atoms with E-state index in [-0.39, 0.29) is 12.6 Å². The van der Waals surface area contributed by atoms with Gasteiger partial charge in [0.05, 0.1) is 25.3 Å². The molecule has 9 heteroatoms. The number of carbonyl (C=O) groups excluding carboxylic acids is 1. The second-order valence-corrected chi connectivity index (χ2v) is 8.65. The number of methoxy groups -OCH3 is 1. The smallest absolute Gasteiger partial charge is 0.319 e. The summed E-state index contributed by atoms with van der Waals surface area (Å²) in [5, 5.41) is 24.0. The molecule has 1 aromatic heterocycles. The average Bonchev–Trinajstić information content (AvgIpc) is 3.30. The summed E-state index contributed by atoms with van der Waals surface area (Å²) < 4.78 is 7.27. The number of benzene rings is 3. The molecule has 2 N–H and O–H groups in total. The van der Waals surface area contributed by atoms with Gasteiger partial charge in [-0.15, -0.1) is 10.2 Å². The van der Waals surface area contributed by atoms with E-state index in [2.05, 4.69) is 26.9 Å². The quantitative estimate of drug-likeness (QED) is 0.338. The number of rotatable bonds is 8. The maximum atomic E-state index is 12.4. The van der Waals surface area contributed by atoms with Crippen molar-refractivity contribution in [2.45, 2.75) is 24.4 Å². The molecule has 0 unspecified atom stereocenters. The van der Waals surface area contributed by atoms with Crippen molar-refractivity contribution in [3.05, 3.63) is 95.3 Å². The van der Waals surface area contributed by atoms with Crippen LogP contribution in [0.15, 0.2) is 78.0 Å². The second kappa shape index (κ2) is 11.2. The predicted molar refractivity (Wildman–Crippen MR) is 136 cm³/mol. The number of hydrogen-bond acceptors (Lipinski definition) is 6. The molecule has 0 radical (unpaired) electrons. The van der Waals surface area contributed by atoms with Crippen LogP contribution in [-0.4, -0.2) is 27.9 Å². The van der Waals surface area contributed by atoms with Gasteiger partial charge in [0.15, 0.2) is 11.0 Å². The van der Waals surface area contributed by atoms with Gasteiger partial charge in [0.2, 0.25) is 0 Å². The zero-order chi connectivity index (χ0) is 24.6. The number of nitrogens with one attached hydrogen (secondary N) is 2. The molecule has 0 aliphatic carbocycles. The number of aromatic nitrogens is 3. The van der Waals surface area contributed by atoms with Gasteiger partial charge in [0.1, 0.15) is 5.75 Å². The molecule has 0 saturated heterocycles. The first-order valence-corrected chi connectivity index (χ1v) is 11.9. The minimum Gasteiger partial charge on any atom is -0.497 e. The summed E-state index contributed by atoms with van der Waals surface area (Å²) in [5.74, 6) is 2.10. The third-order valence-electron chi connectivity index (χ3n) is 5.17. The zero-order valence-electron chi connectivity index (χ0n) is 19.4. The third kappa shape index (κ3) is 6.19. The van der Waals surface area contributed by atoms with Gasteiger partial charge >= 0.3 is 6.03 Å². The number of hydrogen-bond donors (Lipinski definition) is 2. The minimum atomic E-state index is -0.376. The summed E-state index contributed by atoms with van der Waals surface area (Å²) in [5.41, 5.74) is 4.29. The highest BCUT2D eigenvalue weighted by Gasteiger charge is 2.16. The van der Waals surface area contributed by atoms with E-state index in [1.807, 2.05) is 60.0 Å². The normalized spacial score (nSPS) is 10.4. The molecule has 0 spiro atoms. The summed E-state index contributed by atoms with van der Waals surface area (Å²) in [4.78, 5) is 12.4. The average molecular weight is 485 g/mol. The van der Waals surface area contributed by atoms with Crippen LogP contribution in [0.4, 0.5) is 10.5 Å². The Morgan fingerprint density at radius 3 is 2.57 bits per heavy atom. The SMILES string of the molecule is COc1cccc(CSc2nnc(CNC(=O)Nc3ccc(C#N)cc3)n2-c2ccc(C)cc2)c1. The van der Waals surface area contributed by atoms with Crippen LogP contribution in [0.5, 0.6) is 5.75 Å². The summed E-state index contributed by atoms with van der Waals surface area (Å²) in [6.45, 7) is 2.22. The lowest BCUT2D eigenvalue weighted by atomic mass is 10.2. The highest BCUT2D eigenvalue weighted by Crippen LogP contribution is 2.27. The number of aryl methyl sites for hydroxylation is 1. The van der Waals surface area contributed by atoms with E-state index in [0.29, 0.717) is 22.8 Å². The number of anilines is 1. The van der Waals surface area contributed by atoms with E-state index < -0.39 is 0 Å². The van der Waals surface area contributed by atoms with Crippen LogP contribution >= 0.6 is 11.8 Å². The molecule has 0 saturated carbocycles. The van der Waals surface area contributed by atoms with Gasteiger partial charge in [0, 0.05) is 17.1 Å². The van der Waals surface area contributed by atoms with Crippen molar-refractivity contribution in [3.63, 3.8) is 0 Å². The number of ether oxygens (including phenoxy) is 1. The maximum absolute atomic E-state index is 12.4. The number of nitrogens with zero attached hydrogens (tertiary/aromatic N) is 4. The molecule has 35 heavy (non-hydrogen) atoms. The molecule has 1 heterocycles. The summed E-state index contributed by atoms with van der Waals surface area (Å²) in [7, 11) is 1.65. The maximum Gasteiger partial charge on any atom is 0.319 e. The summed E-state index contributed by atoms with van der Waals surface area (Å²) in [6.07, 6.45) is 0. The Kier molecular flexibility index (Phi) is 7.65. The molecule has 0 aliphatic rings. The molecular formula is C26H24N6O2S. The fourth-order valence-electron chi connectivity index (χ4n) is 3.33. The molecule has 4 aromatic rings. The highest BCUT2D eigenvalue weighted by atomic mass is 32.2. The first kappa shape index (κ1) is 23.9. The Morgan fingerprint density at radius 2 is 1.86 bits per heavy atom. The lowest BCUT2D eigenvalue weighted by molar-refractivity contribution is 0.251. The van der Waals surface area contributed by atoms with Gasteiger partial charge in [-0.05, 0) is 61.0 Å². The number of carbonyl (C=O) groups is 1. The van der Waals surface area contributed by atoms with Crippen LogP contribution in [-0.2, 0) is 12.3 Å². The molecule has 0 atom stereocenters. The van der Waals surface area contributed by atoms with Crippen LogP contribution in [0, 0.1) is 18.3 Å². The fourth-order valence-corrected chi connectivity index (χ4v) is 4.25. The molecule has 4 rings (SSSR count). The third-order valence-corrected chi connectivity index (χ3v) is 6.17. The topological polar surface area (TPSA) is 105 Å². The standard InChI is InChI=1S/C26H24N6O2S/c1-18-6-12-22(13-7-18)32-24(16-28-25(33)29-21-10-8-19(15-27)9-11-21)30-31-26(32)35-17-20-4-3-5-23(14-20)34-2/h3-14H,16-17H2,1-2H3,(H2,28,29,33). The van der Waals surface area contributed by atoms with Gasteiger partial charge in [0.25, 0.3) is 0 Å². The monoisotopic (exact) mass is 484 g/mol. The van der Waals surface area contributed by atoms with Crippen molar-refractivity contribution in [3.8, 4) is 17.5 Å².